The highest BCUT2D eigenvalue weighted by molar-refractivity contribution is 7.14. The number of thiazole rings is 1. The van der Waals surface area contributed by atoms with Gasteiger partial charge in [-0.2, -0.15) is 0 Å². The van der Waals surface area contributed by atoms with Crippen LogP contribution in [0.15, 0.2) is 60.0 Å². The van der Waals surface area contributed by atoms with Gasteiger partial charge >= 0.3 is 0 Å². The van der Waals surface area contributed by atoms with E-state index in [0.29, 0.717) is 10.2 Å². The fraction of sp³-hybridized carbons (Fsp3) is 0.0588. The molecule has 0 aliphatic carbocycles. The lowest BCUT2D eigenvalue weighted by molar-refractivity contribution is -0.115. The minimum atomic E-state index is -0.123. The van der Waals surface area contributed by atoms with Crippen molar-refractivity contribution in [1.82, 2.24) is 4.98 Å². The Balaban J connectivity index is 1.68. The average molecular weight is 329 g/mol. The van der Waals surface area contributed by atoms with E-state index in [-0.39, 0.29) is 12.3 Å². The van der Waals surface area contributed by atoms with Crippen LogP contribution in [0, 0.1) is 0 Å². The lowest BCUT2D eigenvalue weighted by atomic mass is 10.1. The number of aromatic nitrogens is 1. The van der Waals surface area contributed by atoms with Crippen LogP contribution in [0.25, 0.3) is 11.3 Å². The Bertz CT molecular complexity index is 786. The minimum absolute atomic E-state index is 0.123. The zero-order valence-electron chi connectivity index (χ0n) is 11.6. The normalized spacial score (nSPS) is 10.4. The van der Waals surface area contributed by atoms with E-state index < -0.39 is 0 Å². The summed E-state index contributed by atoms with van der Waals surface area (Å²) >= 11 is 7.47. The molecule has 0 spiro atoms. The first kappa shape index (κ1) is 14.8. The molecule has 0 unspecified atom stereocenters. The number of amides is 1. The maximum Gasteiger partial charge on any atom is 0.230 e. The molecule has 22 heavy (non-hydrogen) atoms. The molecule has 0 atom stereocenters. The molecule has 0 radical (unpaired) electrons. The van der Waals surface area contributed by atoms with Gasteiger partial charge in [-0.05, 0) is 11.6 Å². The van der Waals surface area contributed by atoms with Crippen molar-refractivity contribution in [3.05, 3.63) is 70.6 Å². The summed E-state index contributed by atoms with van der Waals surface area (Å²) < 4.78 is 0. The molecule has 2 aromatic carbocycles. The maximum atomic E-state index is 12.1. The lowest BCUT2D eigenvalue weighted by Gasteiger charge is -2.03. The smallest absolute Gasteiger partial charge is 0.230 e. The monoisotopic (exact) mass is 328 g/mol. The Labute approximate surface area is 137 Å². The van der Waals surface area contributed by atoms with Crippen LogP contribution in [0.2, 0.25) is 5.02 Å². The summed E-state index contributed by atoms with van der Waals surface area (Å²) in [6.45, 7) is 0. The number of anilines is 1. The number of benzene rings is 2. The molecule has 3 rings (SSSR count). The van der Waals surface area contributed by atoms with E-state index in [1.54, 1.807) is 6.07 Å². The molecule has 1 amide bonds. The topological polar surface area (TPSA) is 42.0 Å². The van der Waals surface area contributed by atoms with Gasteiger partial charge in [0.1, 0.15) is 0 Å². The van der Waals surface area contributed by atoms with Gasteiger partial charge in [0.15, 0.2) is 5.13 Å². The van der Waals surface area contributed by atoms with Crippen LogP contribution in [0.1, 0.15) is 5.56 Å². The van der Waals surface area contributed by atoms with Crippen molar-refractivity contribution in [3.63, 3.8) is 0 Å². The summed E-state index contributed by atoms with van der Waals surface area (Å²) in [7, 11) is 0. The van der Waals surface area contributed by atoms with Crippen molar-refractivity contribution in [3.8, 4) is 11.3 Å². The van der Waals surface area contributed by atoms with Gasteiger partial charge in [0, 0.05) is 16.0 Å². The molecular weight excluding hydrogens is 316 g/mol. The molecule has 1 heterocycles. The standard InChI is InChI=1S/C17H13ClN2OS/c18-14-9-5-4-8-13(14)10-16(21)20-17-19-15(11-22-17)12-6-2-1-3-7-12/h1-9,11H,10H2,(H,19,20,21). The molecule has 1 N–H and O–H groups in total. The van der Waals surface area contributed by atoms with Gasteiger partial charge in [-0.25, -0.2) is 4.98 Å². The number of rotatable bonds is 4. The van der Waals surface area contributed by atoms with E-state index in [0.717, 1.165) is 16.8 Å². The van der Waals surface area contributed by atoms with E-state index in [2.05, 4.69) is 10.3 Å². The Morgan fingerprint density at radius 3 is 2.59 bits per heavy atom. The first-order valence-corrected chi connectivity index (χ1v) is 8.02. The van der Waals surface area contributed by atoms with E-state index in [1.807, 2.05) is 53.9 Å². The average Bonchev–Trinajstić information content (AvgIpc) is 2.99. The van der Waals surface area contributed by atoms with Gasteiger partial charge in [0.05, 0.1) is 12.1 Å². The second-order valence-corrected chi connectivity index (χ2v) is 5.99. The van der Waals surface area contributed by atoms with Gasteiger partial charge in [-0.1, -0.05) is 60.1 Å². The SMILES string of the molecule is O=C(Cc1ccccc1Cl)Nc1nc(-c2ccccc2)cs1. The lowest BCUT2D eigenvalue weighted by Crippen LogP contribution is -2.14. The highest BCUT2D eigenvalue weighted by Gasteiger charge is 2.10. The summed E-state index contributed by atoms with van der Waals surface area (Å²) in [5, 5.41) is 5.94. The quantitative estimate of drug-likeness (QED) is 0.757. The second-order valence-electron chi connectivity index (χ2n) is 4.72. The first-order chi connectivity index (χ1) is 10.7. The highest BCUT2D eigenvalue weighted by atomic mass is 35.5. The first-order valence-electron chi connectivity index (χ1n) is 6.76. The molecule has 5 heteroatoms. The highest BCUT2D eigenvalue weighted by Crippen LogP contribution is 2.25. The number of hydrogen-bond acceptors (Lipinski definition) is 3. The van der Waals surface area contributed by atoms with Gasteiger partial charge in [0.2, 0.25) is 5.91 Å². The number of carbonyl (C=O) groups excluding carboxylic acids is 1. The fourth-order valence-corrected chi connectivity index (χ4v) is 2.99. The van der Waals surface area contributed by atoms with E-state index in [9.17, 15) is 4.79 Å². The predicted octanol–water partition coefficient (Wildman–Crippen LogP) is 4.64. The number of nitrogens with one attached hydrogen (secondary N) is 1. The maximum absolute atomic E-state index is 12.1. The molecule has 0 aliphatic heterocycles. The molecule has 3 aromatic rings. The molecule has 0 saturated carbocycles. The van der Waals surface area contributed by atoms with Crippen molar-refractivity contribution in [2.24, 2.45) is 0 Å². The Hall–Kier alpha value is -2.17. The third-order valence-electron chi connectivity index (χ3n) is 3.13. The molecule has 110 valence electrons. The minimum Gasteiger partial charge on any atom is -0.302 e. The van der Waals surface area contributed by atoms with Crippen molar-refractivity contribution >= 4 is 34.0 Å². The van der Waals surface area contributed by atoms with Crippen LogP contribution < -0.4 is 5.32 Å². The summed E-state index contributed by atoms with van der Waals surface area (Å²) in [4.78, 5) is 16.5. The molecule has 0 saturated heterocycles. The van der Waals surface area contributed by atoms with Gasteiger partial charge in [0.25, 0.3) is 0 Å². The zero-order valence-corrected chi connectivity index (χ0v) is 13.2. The summed E-state index contributed by atoms with van der Waals surface area (Å²) in [5.41, 5.74) is 2.70. The molecule has 0 fully saturated rings. The molecular formula is C17H13ClN2OS. The predicted molar refractivity (Wildman–Crippen MR) is 91.3 cm³/mol. The van der Waals surface area contributed by atoms with Gasteiger partial charge in [-0.3, -0.25) is 4.79 Å². The number of carbonyl (C=O) groups is 1. The van der Waals surface area contributed by atoms with Crippen molar-refractivity contribution in [2.75, 3.05) is 5.32 Å². The number of halogens is 1. The zero-order chi connectivity index (χ0) is 15.4. The number of hydrogen-bond donors (Lipinski definition) is 1. The van der Waals surface area contributed by atoms with Gasteiger partial charge < -0.3 is 5.32 Å². The van der Waals surface area contributed by atoms with Crippen molar-refractivity contribution < 1.29 is 4.79 Å². The van der Waals surface area contributed by atoms with Crippen LogP contribution in [0.5, 0.6) is 0 Å². The van der Waals surface area contributed by atoms with Crippen LogP contribution in [-0.2, 0) is 11.2 Å². The van der Waals surface area contributed by atoms with Crippen LogP contribution in [0.3, 0.4) is 0 Å². The van der Waals surface area contributed by atoms with Crippen LogP contribution in [0.4, 0.5) is 5.13 Å². The Morgan fingerprint density at radius 1 is 1.09 bits per heavy atom. The Kier molecular flexibility index (Phi) is 4.51. The van der Waals surface area contributed by atoms with E-state index >= 15 is 0 Å². The largest absolute Gasteiger partial charge is 0.302 e. The summed E-state index contributed by atoms with van der Waals surface area (Å²) in [6, 6.07) is 17.2. The molecule has 1 aromatic heterocycles. The molecule has 3 nitrogen and oxygen atoms in total. The molecule has 0 bridgehead atoms. The van der Waals surface area contributed by atoms with Crippen LogP contribution >= 0.6 is 22.9 Å². The van der Waals surface area contributed by atoms with Crippen molar-refractivity contribution in [2.45, 2.75) is 6.42 Å². The van der Waals surface area contributed by atoms with E-state index in [1.165, 1.54) is 11.3 Å². The van der Waals surface area contributed by atoms with Crippen LogP contribution in [-0.4, -0.2) is 10.9 Å². The summed E-state index contributed by atoms with van der Waals surface area (Å²) in [5.74, 6) is -0.123. The van der Waals surface area contributed by atoms with E-state index in [4.69, 9.17) is 11.6 Å². The summed E-state index contributed by atoms with van der Waals surface area (Å²) in [6.07, 6.45) is 0.236. The third-order valence-corrected chi connectivity index (χ3v) is 4.26. The van der Waals surface area contributed by atoms with Crippen molar-refractivity contribution in [1.29, 1.82) is 0 Å². The second kappa shape index (κ2) is 6.73. The number of nitrogens with zero attached hydrogens (tertiary/aromatic N) is 1. The fourth-order valence-electron chi connectivity index (χ4n) is 2.05. The third kappa shape index (κ3) is 3.53. The Morgan fingerprint density at radius 2 is 1.82 bits per heavy atom. The van der Waals surface area contributed by atoms with Gasteiger partial charge in [-0.15, -0.1) is 11.3 Å². The molecule has 0 aliphatic rings.